The number of hydrogen-bond donors (Lipinski definition) is 1. The van der Waals surface area contributed by atoms with Gasteiger partial charge in [-0.3, -0.25) is 4.79 Å². The van der Waals surface area contributed by atoms with Crippen molar-refractivity contribution in [3.05, 3.63) is 58.6 Å². The molecule has 7 nitrogen and oxygen atoms in total. The summed E-state index contributed by atoms with van der Waals surface area (Å²) in [7, 11) is -1.48. The molecule has 32 heavy (non-hydrogen) atoms. The Hall–Kier alpha value is -2.13. The van der Waals surface area contributed by atoms with E-state index in [0.717, 1.165) is 44.6 Å². The average Bonchev–Trinajstić information content (AvgIpc) is 3.35. The standard InChI is InChI=1S/C23H29ClN4O3S/c1-26-12-14-27(15-13-26)19-6-4-18(5-7-19)17-25-23(29)21-16-20(8-9-22(21)24)32(30,31)28-10-2-3-11-28/h4-9,16H,2-3,10-15,17H2,1H3,(H,25,29). The number of sulfonamides is 1. The van der Waals surface area contributed by atoms with Gasteiger partial charge in [0.2, 0.25) is 10.0 Å². The van der Waals surface area contributed by atoms with E-state index in [4.69, 9.17) is 11.6 Å². The van der Waals surface area contributed by atoms with Crippen molar-refractivity contribution < 1.29 is 13.2 Å². The predicted molar refractivity (Wildman–Crippen MR) is 127 cm³/mol. The van der Waals surface area contributed by atoms with Gasteiger partial charge in [-0.15, -0.1) is 0 Å². The van der Waals surface area contributed by atoms with Gasteiger partial charge in [0.1, 0.15) is 0 Å². The minimum atomic E-state index is -3.61. The summed E-state index contributed by atoms with van der Waals surface area (Å²) in [6, 6.07) is 12.5. The molecule has 172 valence electrons. The Labute approximate surface area is 195 Å². The molecule has 0 aromatic heterocycles. The number of amides is 1. The average molecular weight is 477 g/mol. The monoisotopic (exact) mass is 476 g/mol. The molecule has 2 aliphatic rings. The third-order valence-corrected chi connectivity index (χ3v) is 8.37. The van der Waals surface area contributed by atoms with Crippen molar-refractivity contribution in [3.63, 3.8) is 0 Å². The Morgan fingerprint density at radius 3 is 2.28 bits per heavy atom. The van der Waals surface area contributed by atoms with Crippen LogP contribution in [0, 0.1) is 0 Å². The Kier molecular flexibility index (Phi) is 7.05. The van der Waals surface area contributed by atoms with Crippen molar-refractivity contribution >= 4 is 33.2 Å². The SMILES string of the molecule is CN1CCN(c2ccc(CNC(=O)c3cc(S(=O)(=O)N4CCCC4)ccc3Cl)cc2)CC1. The first-order valence-corrected chi connectivity index (χ1v) is 12.8. The molecule has 2 heterocycles. The van der Waals surface area contributed by atoms with Crippen LogP contribution in [-0.2, 0) is 16.6 Å². The number of nitrogens with one attached hydrogen (secondary N) is 1. The van der Waals surface area contributed by atoms with E-state index < -0.39 is 15.9 Å². The van der Waals surface area contributed by atoms with Crippen molar-refractivity contribution in [2.24, 2.45) is 0 Å². The lowest BCUT2D eigenvalue weighted by molar-refractivity contribution is 0.0951. The topological polar surface area (TPSA) is 73.0 Å². The fraction of sp³-hybridized carbons (Fsp3) is 0.435. The molecule has 1 amide bonds. The summed E-state index contributed by atoms with van der Waals surface area (Å²) in [4.78, 5) is 17.5. The van der Waals surface area contributed by atoms with Crippen LogP contribution in [0.4, 0.5) is 5.69 Å². The van der Waals surface area contributed by atoms with Gasteiger partial charge >= 0.3 is 0 Å². The lowest BCUT2D eigenvalue weighted by Crippen LogP contribution is -2.44. The molecule has 2 aromatic rings. The lowest BCUT2D eigenvalue weighted by atomic mass is 10.1. The second kappa shape index (κ2) is 9.79. The summed E-state index contributed by atoms with van der Waals surface area (Å²) < 4.78 is 27.1. The van der Waals surface area contributed by atoms with E-state index in [1.165, 1.54) is 28.2 Å². The molecule has 0 saturated carbocycles. The highest BCUT2D eigenvalue weighted by Gasteiger charge is 2.28. The molecule has 0 bridgehead atoms. The first-order valence-electron chi connectivity index (χ1n) is 10.9. The van der Waals surface area contributed by atoms with Gasteiger partial charge in [-0.2, -0.15) is 4.31 Å². The summed E-state index contributed by atoms with van der Waals surface area (Å²) in [5, 5.41) is 3.09. The Bertz CT molecular complexity index is 1060. The first kappa shape index (κ1) is 23.0. The van der Waals surface area contributed by atoms with Gasteiger partial charge in [0.05, 0.1) is 15.5 Å². The van der Waals surface area contributed by atoms with Crippen LogP contribution in [0.1, 0.15) is 28.8 Å². The zero-order valence-corrected chi connectivity index (χ0v) is 19.8. The quantitative estimate of drug-likeness (QED) is 0.694. The van der Waals surface area contributed by atoms with Gasteiger partial charge in [-0.1, -0.05) is 23.7 Å². The van der Waals surface area contributed by atoms with Crippen molar-refractivity contribution in [2.75, 3.05) is 51.2 Å². The van der Waals surface area contributed by atoms with E-state index in [2.05, 4.69) is 34.3 Å². The number of nitrogens with zero attached hydrogens (tertiary/aromatic N) is 3. The largest absolute Gasteiger partial charge is 0.369 e. The first-order chi connectivity index (χ1) is 15.3. The fourth-order valence-electron chi connectivity index (χ4n) is 4.08. The minimum absolute atomic E-state index is 0.102. The smallest absolute Gasteiger partial charge is 0.253 e. The van der Waals surface area contributed by atoms with Gasteiger partial charge in [0.25, 0.3) is 5.91 Å². The van der Waals surface area contributed by atoms with Crippen molar-refractivity contribution in [2.45, 2.75) is 24.3 Å². The molecule has 0 radical (unpaired) electrons. The molecule has 1 N–H and O–H groups in total. The number of benzene rings is 2. The van der Waals surface area contributed by atoms with Crippen LogP contribution in [0.25, 0.3) is 0 Å². The Morgan fingerprint density at radius 2 is 1.62 bits per heavy atom. The molecular weight excluding hydrogens is 448 g/mol. The molecule has 0 spiro atoms. The Morgan fingerprint density at radius 1 is 0.969 bits per heavy atom. The van der Waals surface area contributed by atoms with E-state index in [0.29, 0.717) is 19.6 Å². The van der Waals surface area contributed by atoms with E-state index in [1.54, 1.807) is 0 Å². The fourth-order valence-corrected chi connectivity index (χ4v) is 5.83. The third kappa shape index (κ3) is 5.09. The highest BCUT2D eigenvalue weighted by molar-refractivity contribution is 7.89. The number of carbonyl (C=O) groups excluding carboxylic acids is 1. The van der Waals surface area contributed by atoms with Crippen molar-refractivity contribution in [1.82, 2.24) is 14.5 Å². The van der Waals surface area contributed by atoms with Crippen LogP contribution < -0.4 is 10.2 Å². The maximum absolute atomic E-state index is 12.8. The van der Waals surface area contributed by atoms with E-state index in [-0.39, 0.29) is 15.5 Å². The second-order valence-electron chi connectivity index (χ2n) is 8.39. The third-order valence-electron chi connectivity index (χ3n) is 6.14. The zero-order valence-electron chi connectivity index (χ0n) is 18.3. The van der Waals surface area contributed by atoms with Crippen LogP contribution in [0.15, 0.2) is 47.4 Å². The normalized spacial score (nSPS) is 18.1. The maximum Gasteiger partial charge on any atom is 0.253 e. The summed E-state index contributed by atoms with van der Waals surface area (Å²) in [5.41, 5.74) is 2.31. The van der Waals surface area contributed by atoms with Gasteiger partial charge in [-0.05, 0) is 55.8 Å². The van der Waals surface area contributed by atoms with Crippen LogP contribution >= 0.6 is 11.6 Å². The molecule has 2 fully saturated rings. The minimum Gasteiger partial charge on any atom is -0.369 e. The summed E-state index contributed by atoms with van der Waals surface area (Å²) in [5.74, 6) is -0.392. The summed E-state index contributed by atoms with van der Waals surface area (Å²) >= 11 is 6.22. The molecule has 9 heteroatoms. The number of likely N-dealkylation sites (N-methyl/N-ethyl adjacent to an activating group) is 1. The highest BCUT2D eigenvalue weighted by atomic mass is 35.5. The number of piperazine rings is 1. The molecule has 0 unspecified atom stereocenters. The van der Waals surface area contributed by atoms with Gasteiger partial charge in [0.15, 0.2) is 0 Å². The number of halogens is 1. The highest BCUT2D eigenvalue weighted by Crippen LogP contribution is 2.25. The molecule has 0 aliphatic carbocycles. The van der Waals surface area contributed by atoms with Crippen molar-refractivity contribution in [3.8, 4) is 0 Å². The molecule has 2 saturated heterocycles. The lowest BCUT2D eigenvalue weighted by Gasteiger charge is -2.34. The van der Waals surface area contributed by atoms with Crippen molar-refractivity contribution in [1.29, 1.82) is 0 Å². The van der Waals surface area contributed by atoms with E-state index >= 15 is 0 Å². The maximum atomic E-state index is 12.8. The van der Waals surface area contributed by atoms with Crippen LogP contribution in [-0.4, -0.2) is 69.8 Å². The predicted octanol–water partition coefficient (Wildman–Crippen LogP) is 2.81. The molecule has 2 aliphatic heterocycles. The second-order valence-corrected chi connectivity index (χ2v) is 10.7. The van der Waals surface area contributed by atoms with Gasteiger partial charge in [-0.25, -0.2) is 8.42 Å². The van der Waals surface area contributed by atoms with Crippen LogP contribution in [0.3, 0.4) is 0 Å². The molecule has 0 atom stereocenters. The zero-order chi connectivity index (χ0) is 22.7. The number of rotatable bonds is 6. The van der Waals surface area contributed by atoms with Gasteiger partial charge in [0, 0.05) is 51.5 Å². The molecule has 2 aromatic carbocycles. The van der Waals surface area contributed by atoms with E-state index in [9.17, 15) is 13.2 Å². The van der Waals surface area contributed by atoms with Crippen LogP contribution in [0.5, 0.6) is 0 Å². The number of anilines is 1. The van der Waals surface area contributed by atoms with E-state index in [1.807, 2.05) is 12.1 Å². The summed E-state index contributed by atoms with van der Waals surface area (Å²) in [6.07, 6.45) is 1.71. The summed E-state index contributed by atoms with van der Waals surface area (Å²) in [6.45, 7) is 5.45. The van der Waals surface area contributed by atoms with Crippen LogP contribution in [0.2, 0.25) is 5.02 Å². The molecular formula is C23H29ClN4O3S. The van der Waals surface area contributed by atoms with Gasteiger partial charge < -0.3 is 15.1 Å². The molecule has 4 rings (SSSR count). The number of hydrogen-bond acceptors (Lipinski definition) is 5. The number of carbonyl (C=O) groups is 1. The Balaban J connectivity index is 1.41.